The Kier molecular flexibility index (Phi) is 3.41. The molecule has 106 valence electrons. The normalized spacial score (nSPS) is 22.1. The molecular weight excluding hydrogens is 244 g/mol. The number of fused-ring (bicyclic) bond motifs is 1. The minimum atomic E-state index is 0.615. The van der Waals surface area contributed by atoms with E-state index < -0.39 is 0 Å². The number of aromatic nitrogens is 2. The Morgan fingerprint density at radius 2 is 1.85 bits per heavy atom. The summed E-state index contributed by atoms with van der Waals surface area (Å²) < 4.78 is 2.14. The topological polar surface area (TPSA) is 17.8 Å². The van der Waals surface area contributed by atoms with Crippen molar-refractivity contribution in [2.75, 3.05) is 0 Å². The standard InChI is InChI=1S/C18H24N2/c1-12(2)15-11-10-13(3)16-17(19-20(4)18(15)16)14-8-6-5-7-9-14/h5-9,12-13,15H,10-11H2,1-4H3/t13-,15+/m1/s1. The molecule has 1 heterocycles. The molecule has 1 aromatic heterocycles. The molecule has 2 aromatic rings. The Labute approximate surface area is 121 Å². The highest BCUT2D eigenvalue weighted by Crippen LogP contribution is 2.45. The maximum absolute atomic E-state index is 4.86. The molecule has 0 unspecified atom stereocenters. The molecule has 20 heavy (non-hydrogen) atoms. The van der Waals surface area contributed by atoms with E-state index in [1.165, 1.54) is 35.4 Å². The maximum Gasteiger partial charge on any atom is 0.0960 e. The lowest BCUT2D eigenvalue weighted by atomic mass is 9.75. The van der Waals surface area contributed by atoms with E-state index in [0.29, 0.717) is 17.8 Å². The Morgan fingerprint density at radius 3 is 2.50 bits per heavy atom. The fourth-order valence-electron chi connectivity index (χ4n) is 3.65. The molecule has 1 aliphatic carbocycles. The minimum Gasteiger partial charge on any atom is -0.271 e. The van der Waals surface area contributed by atoms with E-state index in [1.807, 2.05) is 0 Å². The average molecular weight is 268 g/mol. The van der Waals surface area contributed by atoms with Crippen LogP contribution in [0.1, 0.15) is 56.7 Å². The first kappa shape index (κ1) is 13.4. The SMILES string of the molecule is CC(C)[C@@H]1CC[C@@H](C)c2c(-c3ccccc3)nn(C)c21. The van der Waals surface area contributed by atoms with Crippen molar-refractivity contribution < 1.29 is 0 Å². The van der Waals surface area contributed by atoms with E-state index >= 15 is 0 Å². The van der Waals surface area contributed by atoms with Crippen LogP contribution in [0.2, 0.25) is 0 Å². The number of benzene rings is 1. The molecule has 0 aliphatic heterocycles. The van der Waals surface area contributed by atoms with Crippen molar-refractivity contribution in [3.63, 3.8) is 0 Å². The maximum atomic E-state index is 4.86. The molecule has 2 heteroatoms. The van der Waals surface area contributed by atoms with E-state index in [2.05, 4.69) is 62.8 Å². The van der Waals surface area contributed by atoms with Crippen molar-refractivity contribution in [1.29, 1.82) is 0 Å². The summed E-state index contributed by atoms with van der Waals surface area (Å²) in [5, 5.41) is 4.86. The molecule has 1 aliphatic rings. The Morgan fingerprint density at radius 1 is 1.15 bits per heavy atom. The van der Waals surface area contributed by atoms with Crippen LogP contribution in [0.25, 0.3) is 11.3 Å². The van der Waals surface area contributed by atoms with Gasteiger partial charge in [-0.15, -0.1) is 0 Å². The highest BCUT2D eigenvalue weighted by atomic mass is 15.3. The van der Waals surface area contributed by atoms with Gasteiger partial charge < -0.3 is 0 Å². The summed E-state index contributed by atoms with van der Waals surface area (Å²) in [7, 11) is 2.11. The summed E-state index contributed by atoms with van der Waals surface area (Å²) in [4.78, 5) is 0. The molecule has 0 spiro atoms. The Bertz CT molecular complexity index is 595. The van der Waals surface area contributed by atoms with Crippen LogP contribution in [-0.2, 0) is 7.05 Å². The van der Waals surface area contributed by atoms with Crippen molar-refractivity contribution in [3.8, 4) is 11.3 Å². The summed E-state index contributed by atoms with van der Waals surface area (Å²) in [5.41, 5.74) is 5.41. The lowest BCUT2D eigenvalue weighted by Crippen LogP contribution is -2.19. The van der Waals surface area contributed by atoms with Crippen LogP contribution in [0.3, 0.4) is 0 Å². The molecule has 0 radical (unpaired) electrons. The van der Waals surface area contributed by atoms with Crippen molar-refractivity contribution in [1.82, 2.24) is 9.78 Å². The predicted octanol–water partition coefficient (Wildman–Crippen LogP) is 4.72. The quantitative estimate of drug-likeness (QED) is 0.770. The third kappa shape index (κ3) is 2.07. The van der Waals surface area contributed by atoms with Gasteiger partial charge >= 0.3 is 0 Å². The molecule has 2 nitrogen and oxygen atoms in total. The molecule has 0 fully saturated rings. The highest BCUT2D eigenvalue weighted by Gasteiger charge is 2.33. The van der Waals surface area contributed by atoms with Crippen LogP contribution in [0.5, 0.6) is 0 Å². The number of hydrogen-bond donors (Lipinski definition) is 0. The first-order valence-corrected chi connectivity index (χ1v) is 7.71. The second-order valence-corrected chi connectivity index (χ2v) is 6.47. The Hall–Kier alpha value is -1.57. The molecule has 1 aromatic carbocycles. The zero-order chi connectivity index (χ0) is 14.3. The van der Waals surface area contributed by atoms with Gasteiger partial charge in [0.15, 0.2) is 0 Å². The first-order chi connectivity index (χ1) is 9.59. The summed E-state index contributed by atoms with van der Waals surface area (Å²) in [6.07, 6.45) is 2.57. The van der Waals surface area contributed by atoms with Gasteiger partial charge in [0, 0.05) is 29.8 Å². The van der Waals surface area contributed by atoms with Gasteiger partial charge in [0.05, 0.1) is 5.69 Å². The Balaban J connectivity index is 2.18. The third-order valence-corrected chi connectivity index (χ3v) is 4.74. The average Bonchev–Trinajstić information content (AvgIpc) is 2.79. The van der Waals surface area contributed by atoms with Gasteiger partial charge in [-0.25, -0.2) is 0 Å². The summed E-state index contributed by atoms with van der Waals surface area (Å²) in [6, 6.07) is 10.6. The van der Waals surface area contributed by atoms with Crippen molar-refractivity contribution in [2.24, 2.45) is 13.0 Å². The second-order valence-electron chi connectivity index (χ2n) is 6.47. The van der Waals surface area contributed by atoms with Crippen molar-refractivity contribution in [3.05, 3.63) is 41.6 Å². The van der Waals surface area contributed by atoms with Crippen molar-refractivity contribution in [2.45, 2.75) is 45.4 Å². The molecule has 0 amide bonds. The summed E-state index contributed by atoms with van der Waals surface area (Å²) in [5.74, 6) is 1.94. The summed E-state index contributed by atoms with van der Waals surface area (Å²) >= 11 is 0. The van der Waals surface area contributed by atoms with Gasteiger partial charge in [-0.1, -0.05) is 51.1 Å². The lowest BCUT2D eigenvalue weighted by Gasteiger charge is -2.30. The van der Waals surface area contributed by atoms with Crippen LogP contribution in [0, 0.1) is 5.92 Å². The van der Waals surface area contributed by atoms with Crippen LogP contribution in [0.4, 0.5) is 0 Å². The van der Waals surface area contributed by atoms with E-state index in [1.54, 1.807) is 0 Å². The second kappa shape index (κ2) is 5.08. The molecule has 0 saturated heterocycles. The molecule has 0 N–H and O–H groups in total. The summed E-state index contributed by atoms with van der Waals surface area (Å²) in [6.45, 7) is 7.02. The van der Waals surface area contributed by atoms with Crippen molar-refractivity contribution >= 4 is 0 Å². The predicted molar refractivity (Wildman–Crippen MR) is 83.9 cm³/mol. The molecule has 0 saturated carbocycles. The number of nitrogens with zero attached hydrogens (tertiary/aromatic N) is 2. The van der Waals surface area contributed by atoms with Gasteiger partial charge in [-0.05, 0) is 24.7 Å². The van der Waals surface area contributed by atoms with E-state index in [4.69, 9.17) is 5.10 Å². The molecule has 3 rings (SSSR count). The molecular formula is C18H24N2. The number of rotatable bonds is 2. The molecule has 2 atom stereocenters. The fraction of sp³-hybridized carbons (Fsp3) is 0.500. The van der Waals surface area contributed by atoms with E-state index in [0.717, 1.165) is 0 Å². The smallest absolute Gasteiger partial charge is 0.0960 e. The largest absolute Gasteiger partial charge is 0.271 e. The first-order valence-electron chi connectivity index (χ1n) is 7.71. The van der Waals surface area contributed by atoms with E-state index in [9.17, 15) is 0 Å². The van der Waals surface area contributed by atoms with Gasteiger partial charge in [-0.2, -0.15) is 5.10 Å². The highest BCUT2D eigenvalue weighted by molar-refractivity contribution is 5.65. The van der Waals surface area contributed by atoms with Gasteiger partial charge in [0.2, 0.25) is 0 Å². The van der Waals surface area contributed by atoms with Gasteiger partial charge in [0.1, 0.15) is 0 Å². The fourth-order valence-corrected chi connectivity index (χ4v) is 3.65. The molecule has 0 bridgehead atoms. The number of hydrogen-bond acceptors (Lipinski definition) is 1. The lowest BCUT2D eigenvalue weighted by molar-refractivity contribution is 0.390. The van der Waals surface area contributed by atoms with Crippen LogP contribution >= 0.6 is 0 Å². The van der Waals surface area contributed by atoms with Crippen LogP contribution < -0.4 is 0 Å². The number of aryl methyl sites for hydroxylation is 1. The van der Waals surface area contributed by atoms with Crippen LogP contribution in [0.15, 0.2) is 30.3 Å². The zero-order valence-electron chi connectivity index (χ0n) is 12.9. The minimum absolute atomic E-state index is 0.615. The van der Waals surface area contributed by atoms with Crippen LogP contribution in [-0.4, -0.2) is 9.78 Å². The van der Waals surface area contributed by atoms with Gasteiger partial charge in [0.25, 0.3) is 0 Å². The third-order valence-electron chi connectivity index (χ3n) is 4.74. The zero-order valence-corrected chi connectivity index (χ0v) is 12.9. The van der Waals surface area contributed by atoms with Gasteiger partial charge in [-0.3, -0.25) is 4.68 Å². The van der Waals surface area contributed by atoms with E-state index in [-0.39, 0.29) is 0 Å². The monoisotopic (exact) mass is 268 g/mol.